The maximum Gasteiger partial charge on any atom is 0.411 e. The fourth-order valence-electron chi connectivity index (χ4n) is 3.13. The molecule has 2 unspecified atom stereocenters. The summed E-state index contributed by atoms with van der Waals surface area (Å²) in [6.45, 7) is 13.6. The molecule has 170 valence electrons. The summed E-state index contributed by atoms with van der Waals surface area (Å²) in [6, 6.07) is -0.300. The Morgan fingerprint density at radius 1 is 1.33 bits per heavy atom. The Balaban J connectivity index is 2.98. The number of piperidine rings is 1. The first-order valence-corrected chi connectivity index (χ1v) is 9.94. The van der Waals surface area contributed by atoms with Gasteiger partial charge in [-0.1, -0.05) is 12.7 Å². The normalized spacial score (nSPS) is 20.3. The zero-order chi connectivity index (χ0) is 23.1. The first kappa shape index (κ1) is 25.4. The standard InChI is InChI=1S/C21H36N4O5/c1-9-11-16(22-19(27)29-8)15(3)23(7)25(10-2)17-12-13-24(14-18(17)26)20(28)30-21(4,5)6/h9-11,17-18,26H,2,12-14H2,1,3-8H3,(H,22,27)/b11-9-,16-15+. The van der Waals surface area contributed by atoms with Gasteiger partial charge < -0.3 is 19.5 Å². The van der Waals surface area contributed by atoms with Gasteiger partial charge in [0.15, 0.2) is 0 Å². The van der Waals surface area contributed by atoms with E-state index >= 15 is 0 Å². The summed E-state index contributed by atoms with van der Waals surface area (Å²) >= 11 is 0. The molecule has 1 aliphatic rings. The highest BCUT2D eigenvalue weighted by Crippen LogP contribution is 2.23. The lowest BCUT2D eigenvalue weighted by Crippen LogP contribution is -2.57. The molecule has 0 spiro atoms. The number of rotatable bonds is 6. The molecular formula is C21H36N4O5. The van der Waals surface area contributed by atoms with E-state index in [0.29, 0.717) is 18.7 Å². The molecule has 2 amide bonds. The van der Waals surface area contributed by atoms with Gasteiger partial charge in [0, 0.05) is 19.8 Å². The van der Waals surface area contributed by atoms with Crippen molar-refractivity contribution in [2.75, 3.05) is 27.2 Å². The van der Waals surface area contributed by atoms with Crippen molar-refractivity contribution in [2.45, 2.75) is 58.8 Å². The van der Waals surface area contributed by atoms with E-state index in [4.69, 9.17) is 4.74 Å². The number of ether oxygens (including phenoxy) is 2. The summed E-state index contributed by atoms with van der Waals surface area (Å²) in [5.41, 5.74) is 0.684. The van der Waals surface area contributed by atoms with Gasteiger partial charge in [-0.15, -0.1) is 0 Å². The number of hydrazine groups is 1. The van der Waals surface area contributed by atoms with Crippen molar-refractivity contribution in [3.8, 4) is 0 Å². The molecule has 9 heteroatoms. The number of aliphatic hydroxyl groups excluding tert-OH is 1. The molecule has 1 fully saturated rings. The Bertz CT molecular complexity index is 683. The quantitative estimate of drug-likeness (QED) is 0.500. The summed E-state index contributed by atoms with van der Waals surface area (Å²) in [5.74, 6) is 0. The molecule has 0 aliphatic carbocycles. The minimum atomic E-state index is -0.807. The number of amides is 2. The number of carbonyl (C=O) groups is 2. The predicted octanol–water partition coefficient (Wildman–Crippen LogP) is 2.81. The summed E-state index contributed by atoms with van der Waals surface area (Å²) in [4.78, 5) is 25.5. The van der Waals surface area contributed by atoms with Crippen LogP contribution >= 0.6 is 0 Å². The second-order valence-electron chi connectivity index (χ2n) is 8.05. The van der Waals surface area contributed by atoms with Gasteiger partial charge in [-0.2, -0.15) is 0 Å². The molecule has 0 bridgehead atoms. The zero-order valence-corrected chi connectivity index (χ0v) is 19.1. The first-order chi connectivity index (χ1) is 13.9. The van der Waals surface area contributed by atoms with Crippen molar-refractivity contribution in [1.29, 1.82) is 0 Å². The SMILES string of the molecule is C=CN(C1CCN(C(=O)OC(C)(C)C)CC1O)N(C)/C(C)=C(\C=C/C)NC(=O)OC. The molecule has 9 nitrogen and oxygen atoms in total. The molecule has 0 saturated carbocycles. The maximum absolute atomic E-state index is 12.3. The number of nitrogens with one attached hydrogen (secondary N) is 1. The van der Waals surface area contributed by atoms with Gasteiger partial charge in [0.25, 0.3) is 0 Å². The number of hydrogen-bond acceptors (Lipinski definition) is 7. The molecule has 0 aromatic heterocycles. The Morgan fingerprint density at radius 3 is 2.43 bits per heavy atom. The van der Waals surface area contributed by atoms with Gasteiger partial charge in [-0.25, -0.2) is 9.59 Å². The average Bonchev–Trinajstić information content (AvgIpc) is 2.67. The predicted molar refractivity (Wildman–Crippen MR) is 115 cm³/mol. The van der Waals surface area contributed by atoms with Crippen LogP contribution < -0.4 is 5.32 Å². The fraction of sp³-hybridized carbons (Fsp3) is 0.619. The number of β-amino-alcohol motifs (C(OH)–C–C–N with tert-alkyl or cyclic N) is 1. The number of methoxy groups -OCH3 is 1. The van der Waals surface area contributed by atoms with Crippen molar-refractivity contribution < 1.29 is 24.2 Å². The van der Waals surface area contributed by atoms with Crippen LogP contribution in [0.3, 0.4) is 0 Å². The number of aliphatic hydroxyl groups is 1. The second-order valence-corrected chi connectivity index (χ2v) is 8.05. The van der Waals surface area contributed by atoms with E-state index in [9.17, 15) is 14.7 Å². The third kappa shape index (κ3) is 6.98. The van der Waals surface area contributed by atoms with Crippen molar-refractivity contribution in [3.63, 3.8) is 0 Å². The number of likely N-dealkylation sites (tertiary alicyclic amines) is 1. The van der Waals surface area contributed by atoms with E-state index in [0.717, 1.165) is 5.70 Å². The van der Waals surface area contributed by atoms with Gasteiger partial charge in [0.1, 0.15) is 5.60 Å². The molecule has 2 N–H and O–H groups in total. The molecule has 2 atom stereocenters. The van der Waals surface area contributed by atoms with E-state index in [1.165, 1.54) is 12.0 Å². The van der Waals surface area contributed by atoms with Crippen LogP contribution in [0.15, 0.2) is 36.3 Å². The van der Waals surface area contributed by atoms with Crippen molar-refractivity contribution in [3.05, 3.63) is 36.3 Å². The van der Waals surface area contributed by atoms with Crippen molar-refractivity contribution >= 4 is 12.2 Å². The third-order valence-corrected chi connectivity index (χ3v) is 4.70. The van der Waals surface area contributed by atoms with Crippen LogP contribution in [-0.2, 0) is 9.47 Å². The van der Waals surface area contributed by atoms with Crippen LogP contribution in [0.25, 0.3) is 0 Å². The molecule has 1 heterocycles. The summed E-state index contributed by atoms with van der Waals surface area (Å²) in [6.07, 6.45) is 3.87. The fourth-order valence-corrected chi connectivity index (χ4v) is 3.13. The van der Waals surface area contributed by atoms with Crippen molar-refractivity contribution in [2.24, 2.45) is 0 Å². The number of nitrogens with zero attached hydrogens (tertiary/aromatic N) is 3. The number of alkyl carbamates (subject to hydrolysis) is 1. The lowest BCUT2D eigenvalue weighted by Gasteiger charge is -2.45. The van der Waals surface area contributed by atoms with E-state index in [1.807, 2.05) is 41.7 Å². The van der Waals surface area contributed by atoms with Gasteiger partial charge in [-0.3, -0.25) is 15.3 Å². The minimum Gasteiger partial charge on any atom is -0.453 e. The van der Waals surface area contributed by atoms with E-state index in [1.54, 1.807) is 28.4 Å². The van der Waals surface area contributed by atoms with Crippen molar-refractivity contribution in [1.82, 2.24) is 20.2 Å². The minimum absolute atomic E-state index is 0.155. The van der Waals surface area contributed by atoms with Gasteiger partial charge >= 0.3 is 12.2 Å². The van der Waals surface area contributed by atoms with Crippen LogP contribution in [0.2, 0.25) is 0 Å². The molecule has 1 saturated heterocycles. The summed E-state index contributed by atoms with van der Waals surface area (Å²) in [7, 11) is 3.11. The van der Waals surface area contributed by atoms with Gasteiger partial charge in [0.2, 0.25) is 0 Å². The molecule has 30 heavy (non-hydrogen) atoms. The monoisotopic (exact) mass is 424 g/mol. The van der Waals surface area contributed by atoms with Crippen LogP contribution in [0, 0.1) is 0 Å². The average molecular weight is 425 g/mol. The largest absolute Gasteiger partial charge is 0.453 e. The smallest absolute Gasteiger partial charge is 0.411 e. The van der Waals surface area contributed by atoms with Gasteiger partial charge in [0.05, 0.1) is 37.2 Å². The Hall–Kier alpha value is -2.68. The topological polar surface area (TPSA) is 94.6 Å². The molecule has 0 aromatic rings. The lowest BCUT2D eigenvalue weighted by atomic mass is 10.0. The van der Waals surface area contributed by atoms with Crippen LogP contribution in [0.1, 0.15) is 41.0 Å². The molecule has 1 rings (SSSR count). The molecule has 1 aliphatic heterocycles. The van der Waals surface area contributed by atoms with Gasteiger partial charge in [-0.05, 0) is 47.1 Å². The van der Waals surface area contributed by atoms with Crippen LogP contribution in [-0.4, -0.2) is 77.2 Å². The Kier molecular flexibility index (Phi) is 9.22. The highest BCUT2D eigenvalue weighted by atomic mass is 16.6. The highest BCUT2D eigenvalue weighted by Gasteiger charge is 2.36. The van der Waals surface area contributed by atoms with Crippen LogP contribution in [0.5, 0.6) is 0 Å². The maximum atomic E-state index is 12.3. The number of hydrogen-bond donors (Lipinski definition) is 2. The summed E-state index contributed by atoms with van der Waals surface area (Å²) in [5, 5.41) is 17.0. The second kappa shape index (κ2) is 10.9. The summed E-state index contributed by atoms with van der Waals surface area (Å²) < 4.78 is 10.1. The first-order valence-electron chi connectivity index (χ1n) is 9.94. The van der Waals surface area contributed by atoms with E-state index in [-0.39, 0.29) is 12.6 Å². The van der Waals surface area contributed by atoms with E-state index < -0.39 is 23.9 Å². The molecular weight excluding hydrogens is 388 g/mol. The number of allylic oxidation sites excluding steroid dienone is 3. The Labute approximate surface area is 179 Å². The molecule has 0 aromatic carbocycles. The lowest BCUT2D eigenvalue weighted by molar-refractivity contribution is -0.0645. The highest BCUT2D eigenvalue weighted by molar-refractivity contribution is 5.70. The van der Waals surface area contributed by atoms with E-state index in [2.05, 4.69) is 16.6 Å². The number of carbonyl (C=O) groups excluding carboxylic acids is 2. The van der Waals surface area contributed by atoms with Crippen LogP contribution in [0.4, 0.5) is 9.59 Å². The zero-order valence-electron chi connectivity index (χ0n) is 19.1. The Morgan fingerprint density at radius 2 is 1.97 bits per heavy atom. The molecule has 0 radical (unpaired) electrons. The third-order valence-electron chi connectivity index (χ3n) is 4.70.